The molecule has 19 heavy (non-hydrogen) atoms. The average Bonchev–Trinajstić information content (AvgIpc) is 2.46. The van der Waals surface area contributed by atoms with Gasteiger partial charge in [0.15, 0.2) is 0 Å². The van der Waals surface area contributed by atoms with Crippen molar-refractivity contribution < 1.29 is 0 Å². The molecule has 0 unspecified atom stereocenters. The number of rotatable bonds is 5. The summed E-state index contributed by atoms with van der Waals surface area (Å²) >= 11 is 0. The van der Waals surface area contributed by atoms with Crippen LogP contribution in [0.25, 0.3) is 0 Å². The van der Waals surface area contributed by atoms with E-state index in [1.54, 1.807) is 0 Å². The molecule has 0 aromatic heterocycles. The third kappa shape index (κ3) is 4.77. The summed E-state index contributed by atoms with van der Waals surface area (Å²) in [7, 11) is 0. The van der Waals surface area contributed by atoms with Crippen LogP contribution >= 0.6 is 0 Å². The lowest BCUT2D eigenvalue weighted by atomic mass is 9.78. The Morgan fingerprint density at radius 3 is 1.95 bits per heavy atom. The van der Waals surface area contributed by atoms with Crippen molar-refractivity contribution in [3.63, 3.8) is 0 Å². The van der Waals surface area contributed by atoms with Crippen LogP contribution in [0, 0.1) is 23.7 Å². The van der Waals surface area contributed by atoms with Gasteiger partial charge in [0, 0.05) is 6.04 Å². The summed E-state index contributed by atoms with van der Waals surface area (Å²) in [6.07, 6.45) is 13.1. The summed E-state index contributed by atoms with van der Waals surface area (Å²) in [5.74, 6) is 3.91. The van der Waals surface area contributed by atoms with E-state index in [4.69, 9.17) is 0 Å². The van der Waals surface area contributed by atoms with E-state index in [1.807, 2.05) is 0 Å². The van der Waals surface area contributed by atoms with Crippen molar-refractivity contribution in [2.24, 2.45) is 23.7 Å². The SMILES string of the molecule is CCC1CCC(CNC2CCC(C(C)C)CC2)CC1. The normalized spacial score (nSPS) is 36.6. The first-order valence-corrected chi connectivity index (χ1v) is 8.92. The van der Waals surface area contributed by atoms with Crippen molar-refractivity contribution in [1.29, 1.82) is 0 Å². The third-order valence-corrected chi connectivity index (χ3v) is 5.95. The Morgan fingerprint density at radius 1 is 0.842 bits per heavy atom. The largest absolute Gasteiger partial charge is 0.314 e. The minimum atomic E-state index is 0.832. The highest BCUT2D eigenvalue weighted by Gasteiger charge is 2.24. The fraction of sp³-hybridized carbons (Fsp3) is 1.00. The quantitative estimate of drug-likeness (QED) is 0.737. The molecule has 1 nitrogen and oxygen atoms in total. The minimum absolute atomic E-state index is 0.832. The minimum Gasteiger partial charge on any atom is -0.314 e. The van der Waals surface area contributed by atoms with Gasteiger partial charge in [0.1, 0.15) is 0 Å². The molecule has 2 rings (SSSR count). The Morgan fingerprint density at radius 2 is 1.42 bits per heavy atom. The molecule has 0 bridgehead atoms. The van der Waals surface area contributed by atoms with E-state index in [1.165, 1.54) is 64.3 Å². The summed E-state index contributed by atoms with van der Waals surface area (Å²) in [4.78, 5) is 0. The van der Waals surface area contributed by atoms with Crippen LogP contribution in [0.4, 0.5) is 0 Å². The summed E-state index contributed by atoms with van der Waals surface area (Å²) < 4.78 is 0. The van der Waals surface area contributed by atoms with Gasteiger partial charge in [-0.05, 0) is 68.7 Å². The number of hydrogen-bond acceptors (Lipinski definition) is 1. The predicted octanol–water partition coefficient (Wildman–Crippen LogP) is 5.01. The molecule has 2 aliphatic rings. The first kappa shape index (κ1) is 15.4. The van der Waals surface area contributed by atoms with E-state index >= 15 is 0 Å². The third-order valence-electron chi connectivity index (χ3n) is 5.95. The maximum absolute atomic E-state index is 3.88. The van der Waals surface area contributed by atoms with Crippen molar-refractivity contribution in [2.45, 2.75) is 84.6 Å². The first-order valence-electron chi connectivity index (χ1n) is 8.92. The standard InChI is InChI=1S/C18H35N/c1-4-15-5-7-16(8-6-15)13-19-18-11-9-17(10-12-18)14(2)3/h14-19H,4-13H2,1-3H3. The molecule has 0 aliphatic heterocycles. The van der Waals surface area contributed by atoms with Crippen LogP contribution in [-0.4, -0.2) is 12.6 Å². The van der Waals surface area contributed by atoms with Crippen LogP contribution < -0.4 is 5.32 Å². The molecule has 112 valence electrons. The van der Waals surface area contributed by atoms with Gasteiger partial charge in [-0.25, -0.2) is 0 Å². The summed E-state index contributed by atoms with van der Waals surface area (Å²) in [5.41, 5.74) is 0. The van der Waals surface area contributed by atoms with Crippen molar-refractivity contribution in [3.05, 3.63) is 0 Å². The molecule has 2 fully saturated rings. The molecule has 0 radical (unpaired) electrons. The zero-order chi connectivity index (χ0) is 13.7. The second-order valence-corrected chi connectivity index (χ2v) is 7.56. The molecule has 0 saturated heterocycles. The van der Waals surface area contributed by atoms with E-state index in [2.05, 4.69) is 26.1 Å². The highest BCUT2D eigenvalue weighted by atomic mass is 14.9. The van der Waals surface area contributed by atoms with E-state index in [0.29, 0.717) is 0 Å². The van der Waals surface area contributed by atoms with Crippen LogP contribution in [-0.2, 0) is 0 Å². The molecule has 0 spiro atoms. The maximum Gasteiger partial charge on any atom is 0.00673 e. The molecule has 0 amide bonds. The summed E-state index contributed by atoms with van der Waals surface area (Å²) in [6.45, 7) is 8.44. The van der Waals surface area contributed by atoms with Crippen LogP contribution in [0.2, 0.25) is 0 Å². The van der Waals surface area contributed by atoms with Crippen LogP contribution in [0.5, 0.6) is 0 Å². The van der Waals surface area contributed by atoms with E-state index < -0.39 is 0 Å². The van der Waals surface area contributed by atoms with Crippen molar-refractivity contribution in [1.82, 2.24) is 5.32 Å². The zero-order valence-electron chi connectivity index (χ0n) is 13.5. The summed E-state index contributed by atoms with van der Waals surface area (Å²) in [6, 6.07) is 0.832. The smallest absolute Gasteiger partial charge is 0.00673 e. The van der Waals surface area contributed by atoms with Gasteiger partial charge in [-0.2, -0.15) is 0 Å². The van der Waals surface area contributed by atoms with E-state index in [9.17, 15) is 0 Å². The highest BCUT2D eigenvalue weighted by Crippen LogP contribution is 2.32. The number of nitrogens with one attached hydrogen (secondary N) is 1. The highest BCUT2D eigenvalue weighted by molar-refractivity contribution is 4.80. The Hall–Kier alpha value is -0.0400. The molecular weight excluding hydrogens is 230 g/mol. The van der Waals surface area contributed by atoms with Crippen molar-refractivity contribution in [3.8, 4) is 0 Å². The van der Waals surface area contributed by atoms with Crippen molar-refractivity contribution >= 4 is 0 Å². The Kier molecular flexibility index (Phi) is 6.19. The van der Waals surface area contributed by atoms with Crippen LogP contribution in [0.3, 0.4) is 0 Å². The van der Waals surface area contributed by atoms with Gasteiger partial charge in [0.2, 0.25) is 0 Å². The number of hydrogen-bond donors (Lipinski definition) is 1. The van der Waals surface area contributed by atoms with Gasteiger partial charge in [0.25, 0.3) is 0 Å². The first-order chi connectivity index (χ1) is 9.19. The molecule has 0 atom stereocenters. The summed E-state index contributed by atoms with van der Waals surface area (Å²) in [5, 5.41) is 3.88. The Labute approximate surface area is 120 Å². The molecule has 2 aliphatic carbocycles. The zero-order valence-corrected chi connectivity index (χ0v) is 13.5. The van der Waals surface area contributed by atoms with Gasteiger partial charge in [-0.1, -0.05) is 40.0 Å². The maximum atomic E-state index is 3.88. The molecular formula is C18H35N. The molecule has 0 aromatic carbocycles. The molecule has 0 heterocycles. The van der Waals surface area contributed by atoms with Gasteiger partial charge in [0.05, 0.1) is 0 Å². The van der Waals surface area contributed by atoms with E-state index in [0.717, 1.165) is 29.7 Å². The Balaban J connectivity index is 1.59. The molecule has 2 saturated carbocycles. The van der Waals surface area contributed by atoms with E-state index in [-0.39, 0.29) is 0 Å². The molecule has 0 aromatic rings. The van der Waals surface area contributed by atoms with Gasteiger partial charge < -0.3 is 5.32 Å². The van der Waals surface area contributed by atoms with Crippen molar-refractivity contribution in [2.75, 3.05) is 6.54 Å². The monoisotopic (exact) mass is 265 g/mol. The lowest BCUT2D eigenvalue weighted by Crippen LogP contribution is -2.37. The second kappa shape index (κ2) is 7.67. The van der Waals surface area contributed by atoms with Gasteiger partial charge in [-0.3, -0.25) is 0 Å². The predicted molar refractivity (Wildman–Crippen MR) is 84.3 cm³/mol. The average molecular weight is 265 g/mol. The van der Waals surface area contributed by atoms with Gasteiger partial charge in [-0.15, -0.1) is 0 Å². The van der Waals surface area contributed by atoms with Crippen LogP contribution in [0.1, 0.15) is 78.6 Å². The van der Waals surface area contributed by atoms with Gasteiger partial charge >= 0.3 is 0 Å². The fourth-order valence-corrected chi connectivity index (χ4v) is 4.17. The topological polar surface area (TPSA) is 12.0 Å². The van der Waals surface area contributed by atoms with Crippen LogP contribution in [0.15, 0.2) is 0 Å². The lowest BCUT2D eigenvalue weighted by Gasteiger charge is -2.33. The Bertz CT molecular complexity index is 232. The molecule has 1 heteroatoms. The lowest BCUT2D eigenvalue weighted by molar-refractivity contribution is 0.216. The molecule has 1 N–H and O–H groups in total. The second-order valence-electron chi connectivity index (χ2n) is 7.56. The fourth-order valence-electron chi connectivity index (χ4n) is 4.17.